The lowest BCUT2D eigenvalue weighted by atomic mass is 9.93. The minimum atomic E-state index is 0.235. The molecule has 1 amide bonds. The van der Waals surface area contributed by atoms with E-state index in [1.165, 1.54) is 9.71 Å². The average Bonchev–Trinajstić information content (AvgIpc) is 3.05. The number of para-hydroxylation sites is 1. The van der Waals surface area contributed by atoms with E-state index in [0.29, 0.717) is 11.8 Å². The third-order valence-electron chi connectivity index (χ3n) is 5.09. The van der Waals surface area contributed by atoms with E-state index in [2.05, 4.69) is 43.0 Å². The molecule has 130 valence electrons. The Morgan fingerprint density at radius 2 is 1.88 bits per heavy atom. The van der Waals surface area contributed by atoms with Crippen molar-refractivity contribution in [1.29, 1.82) is 0 Å². The molecule has 0 atom stereocenters. The summed E-state index contributed by atoms with van der Waals surface area (Å²) in [4.78, 5) is 19.7. The van der Waals surface area contributed by atoms with Gasteiger partial charge in [0, 0.05) is 24.9 Å². The molecule has 3 nitrogen and oxygen atoms in total. The smallest absolute Gasteiger partial charge is 0.225 e. The van der Waals surface area contributed by atoms with Gasteiger partial charge in [-0.3, -0.25) is 4.79 Å². The van der Waals surface area contributed by atoms with E-state index >= 15 is 0 Å². The lowest BCUT2D eigenvalue weighted by molar-refractivity contribution is -0.137. The van der Waals surface area contributed by atoms with Crippen LogP contribution in [-0.2, 0) is 4.79 Å². The summed E-state index contributed by atoms with van der Waals surface area (Å²) in [5, 5.41) is 1.25. The third-order valence-corrected chi connectivity index (χ3v) is 6.29. The van der Waals surface area contributed by atoms with Crippen molar-refractivity contribution in [2.45, 2.75) is 58.3 Å². The zero-order valence-electron chi connectivity index (χ0n) is 14.8. The number of piperidine rings is 1. The molecule has 24 heavy (non-hydrogen) atoms. The zero-order valence-corrected chi connectivity index (χ0v) is 15.6. The first kappa shape index (κ1) is 17.4. The van der Waals surface area contributed by atoms with Crippen LogP contribution in [0, 0.1) is 5.92 Å². The molecule has 1 aliphatic heterocycles. The number of carbonyl (C=O) groups excluding carboxylic acids is 1. The number of aromatic nitrogens is 1. The Bertz CT molecular complexity index is 634. The fourth-order valence-electron chi connectivity index (χ4n) is 3.76. The van der Waals surface area contributed by atoms with Crippen molar-refractivity contribution in [1.82, 2.24) is 9.88 Å². The third kappa shape index (κ3) is 3.80. The van der Waals surface area contributed by atoms with Crippen molar-refractivity contribution in [2.24, 2.45) is 5.92 Å². The van der Waals surface area contributed by atoms with Gasteiger partial charge in [-0.25, -0.2) is 4.98 Å². The molecule has 1 saturated heterocycles. The van der Waals surface area contributed by atoms with Crippen LogP contribution in [0.3, 0.4) is 0 Å². The van der Waals surface area contributed by atoms with Crippen molar-refractivity contribution in [3.8, 4) is 0 Å². The summed E-state index contributed by atoms with van der Waals surface area (Å²) >= 11 is 1.82. The zero-order chi connectivity index (χ0) is 16.9. The molecule has 0 radical (unpaired) electrons. The fourth-order valence-corrected chi connectivity index (χ4v) is 4.89. The van der Waals surface area contributed by atoms with Crippen molar-refractivity contribution >= 4 is 27.5 Å². The highest BCUT2D eigenvalue weighted by atomic mass is 32.1. The first-order valence-corrected chi connectivity index (χ1v) is 10.2. The standard InChI is InChI=1S/C20H28N2OS/c1-3-7-16(8-4-2)20(23)22-13-11-15(12-14-22)19-21-17-9-5-6-10-18(17)24-19/h5-6,9-10,15-16H,3-4,7-8,11-14H2,1-2H3. The predicted octanol–water partition coefficient (Wildman–Crippen LogP) is 5.22. The number of likely N-dealkylation sites (tertiary alicyclic amines) is 1. The largest absolute Gasteiger partial charge is 0.342 e. The molecule has 1 aromatic heterocycles. The summed E-state index contributed by atoms with van der Waals surface area (Å²) in [7, 11) is 0. The van der Waals surface area contributed by atoms with E-state index in [9.17, 15) is 4.79 Å². The number of fused-ring (bicyclic) bond motifs is 1. The summed E-state index contributed by atoms with van der Waals surface area (Å²) in [5.41, 5.74) is 1.11. The van der Waals surface area contributed by atoms with Crippen LogP contribution in [0.4, 0.5) is 0 Å². The molecule has 0 spiro atoms. The second-order valence-electron chi connectivity index (χ2n) is 6.89. The number of nitrogens with zero attached hydrogens (tertiary/aromatic N) is 2. The molecule has 2 aromatic rings. The van der Waals surface area contributed by atoms with Gasteiger partial charge in [-0.1, -0.05) is 38.8 Å². The summed E-state index contributed by atoms with van der Waals surface area (Å²) in [5.74, 6) is 1.14. The van der Waals surface area contributed by atoms with Gasteiger partial charge in [0.1, 0.15) is 0 Å². The Kier molecular flexibility index (Phi) is 5.88. The van der Waals surface area contributed by atoms with Crippen LogP contribution in [0.15, 0.2) is 24.3 Å². The van der Waals surface area contributed by atoms with E-state index < -0.39 is 0 Å². The van der Waals surface area contributed by atoms with E-state index in [4.69, 9.17) is 4.98 Å². The molecule has 0 unspecified atom stereocenters. The molecular weight excluding hydrogens is 316 g/mol. The van der Waals surface area contributed by atoms with Gasteiger partial charge in [-0.15, -0.1) is 11.3 Å². The normalized spacial score (nSPS) is 16.2. The average molecular weight is 345 g/mol. The summed E-state index contributed by atoms with van der Waals surface area (Å²) in [6.07, 6.45) is 6.36. The first-order valence-electron chi connectivity index (χ1n) is 9.37. The van der Waals surface area contributed by atoms with Gasteiger partial charge >= 0.3 is 0 Å². The molecule has 0 aliphatic carbocycles. The maximum absolute atomic E-state index is 12.8. The van der Waals surface area contributed by atoms with Crippen LogP contribution in [0.2, 0.25) is 0 Å². The Morgan fingerprint density at radius 3 is 2.50 bits per heavy atom. The maximum atomic E-state index is 12.8. The van der Waals surface area contributed by atoms with Gasteiger partial charge in [-0.2, -0.15) is 0 Å². The monoisotopic (exact) mass is 344 g/mol. The van der Waals surface area contributed by atoms with Gasteiger partial charge in [0.25, 0.3) is 0 Å². The maximum Gasteiger partial charge on any atom is 0.225 e. The predicted molar refractivity (Wildman–Crippen MR) is 101 cm³/mol. The van der Waals surface area contributed by atoms with Crippen LogP contribution >= 0.6 is 11.3 Å². The second-order valence-corrected chi connectivity index (χ2v) is 7.96. The minimum absolute atomic E-state index is 0.235. The molecule has 4 heteroatoms. The Balaban J connectivity index is 1.61. The van der Waals surface area contributed by atoms with Crippen molar-refractivity contribution in [3.05, 3.63) is 29.3 Å². The molecule has 0 saturated carbocycles. The lowest BCUT2D eigenvalue weighted by Crippen LogP contribution is -2.41. The van der Waals surface area contributed by atoms with E-state index in [-0.39, 0.29) is 5.92 Å². The van der Waals surface area contributed by atoms with E-state index in [0.717, 1.165) is 57.1 Å². The van der Waals surface area contributed by atoms with Crippen LogP contribution in [0.25, 0.3) is 10.2 Å². The highest BCUT2D eigenvalue weighted by Gasteiger charge is 2.29. The van der Waals surface area contributed by atoms with Crippen LogP contribution < -0.4 is 0 Å². The Hall–Kier alpha value is -1.42. The highest BCUT2D eigenvalue weighted by Crippen LogP contribution is 2.34. The van der Waals surface area contributed by atoms with Crippen molar-refractivity contribution < 1.29 is 4.79 Å². The quantitative estimate of drug-likeness (QED) is 0.720. The van der Waals surface area contributed by atoms with Gasteiger partial charge in [-0.05, 0) is 37.8 Å². The second kappa shape index (κ2) is 8.11. The lowest BCUT2D eigenvalue weighted by Gasteiger charge is -2.33. The number of rotatable bonds is 6. The topological polar surface area (TPSA) is 33.2 Å². The number of carbonyl (C=O) groups is 1. The summed E-state index contributed by atoms with van der Waals surface area (Å²) < 4.78 is 1.27. The molecule has 0 bridgehead atoms. The van der Waals surface area contributed by atoms with E-state index in [1.54, 1.807) is 0 Å². The Labute approximate surface area is 149 Å². The molecular formula is C20H28N2OS. The van der Waals surface area contributed by atoms with Gasteiger partial charge < -0.3 is 4.90 Å². The molecule has 1 fully saturated rings. The van der Waals surface area contributed by atoms with Gasteiger partial charge in [0.05, 0.1) is 15.2 Å². The Morgan fingerprint density at radius 1 is 1.21 bits per heavy atom. The summed E-state index contributed by atoms with van der Waals surface area (Å²) in [6, 6.07) is 8.37. The van der Waals surface area contributed by atoms with Crippen LogP contribution in [-0.4, -0.2) is 28.9 Å². The van der Waals surface area contributed by atoms with Crippen LogP contribution in [0.5, 0.6) is 0 Å². The molecule has 1 aromatic carbocycles. The number of benzene rings is 1. The molecule has 3 rings (SSSR count). The number of hydrogen-bond acceptors (Lipinski definition) is 3. The van der Waals surface area contributed by atoms with Gasteiger partial charge in [0.2, 0.25) is 5.91 Å². The molecule has 0 N–H and O–H groups in total. The minimum Gasteiger partial charge on any atom is -0.342 e. The van der Waals surface area contributed by atoms with Gasteiger partial charge in [0.15, 0.2) is 0 Å². The highest BCUT2D eigenvalue weighted by molar-refractivity contribution is 7.18. The van der Waals surface area contributed by atoms with Crippen molar-refractivity contribution in [3.63, 3.8) is 0 Å². The van der Waals surface area contributed by atoms with E-state index in [1.807, 2.05) is 11.3 Å². The molecule has 1 aliphatic rings. The number of thiazole rings is 1. The number of amides is 1. The first-order chi connectivity index (χ1) is 11.7. The SMILES string of the molecule is CCCC(CCC)C(=O)N1CCC(c2nc3ccccc3s2)CC1. The van der Waals surface area contributed by atoms with Crippen molar-refractivity contribution in [2.75, 3.05) is 13.1 Å². The summed E-state index contributed by atoms with van der Waals surface area (Å²) in [6.45, 7) is 6.14. The fraction of sp³-hybridized carbons (Fsp3) is 0.600. The number of hydrogen-bond donors (Lipinski definition) is 0. The molecule has 2 heterocycles. The van der Waals surface area contributed by atoms with Crippen LogP contribution in [0.1, 0.15) is 63.3 Å².